The number of terminal acetylenes is 1. The molecule has 2 aliphatic rings. The molecule has 0 aliphatic heterocycles. The van der Waals surface area contributed by atoms with E-state index in [1.807, 2.05) is 48.5 Å². The van der Waals surface area contributed by atoms with E-state index in [1.54, 1.807) is 0 Å². The summed E-state index contributed by atoms with van der Waals surface area (Å²) in [6.45, 7) is 0.101. The number of nitrogens with one attached hydrogen (secondary N) is 2. The van der Waals surface area contributed by atoms with Gasteiger partial charge in [-0.1, -0.05) is 61.4 Å². The minimum atomic E-state index is -1.31. The Balaban J connectivity index is 1.41. The molecule has 7 nitrogen and oxygen atoms in total. The predicted molar refractivity (Wildman–Crippen MR) is 122 cm³/mol. The van der Waals surface area contributed by atoms with Gasteiger partial charge in [0.05, 0.1) is 0 Å². The third kappa shape index (κ3) is 4.42. The summed E-state index contributed by atoms with van der Waals surface area (Å²) in [5.74, 6) is 0.557. The summed E-state index contributed by atoms with van der Waals surface area (Å²) in [6, 6.07) is 14.9. The van der Waals surface area contributed by atoms with Gasteiger partial charge in [0.1, 0.15) is 18.2 Å². The number of carbonyl (C=O) groups is 3. The lowest BCUT2D eigenvalue weighted by Crippen LogP contribution is -2.58. The number of carbonyl (C=O) groups excluding carboxylic acids is 2. The van der Waals surface area contributed by atoms with Crippen LogP contribution in [-0.4, -0.2) is 41.3 Å². The van der Waals surface area contributed by atoms with Gasteiger partial charge in [0.2, 0.25) is 5.91 Å². The largest absolute Gasteiger partial charge is 0.480 e. The number of hydrogen-bond acceptors (Lipinski definition) is 4. The Kier molecular flexibility index (Phi) is 6.36. The van der Waals surface area contributed by atoms with Crippen LogP contribution in [0, 0.1) is 12.3 Å². The summed E-state index contributed by atoms with van der Waals surface area (Å²) in [6.07, 6.45) is 6.66. The second-order valence-electron chi connectivity index (χ2n) is 8.51. The molecule has 1 saturated carbocycles. The highest BCUT2D eigenvalue weighted by molar-refractivity contribution is 5.91. The van der Waals surface area contributed by atoms with Crippen molar-refractivity contribution in [3.05, 3.63) is 59.7 Å². The van der Waals surface area contributed by atoms with Crippen molar-refractivity contribution in [3.8, 4) is 23.5 Å². The molecule has 4 rings (SSSR count). The van der Waals surface area contributed by atoms with E-state index >= 15 is 0 Å². The quantitative estimate of drug-likeness (QED) is 0.565. The SMILES string of the molecule is C#CCC(NC(=O)OCC1c2ccccc2-c2ccccc21)C(=O)NC1(C(=O)O)CCCC1. The minimum Gasteiger partial charge on any atom is -0.480 e. The van der Waals surface area contributed by atoms with Crippen LogP contribution >= 0.6 is 0 Å². The number of ether oxygens (including phenoxy) is 1. The second kappa shape index (κ2) is 9.37. The van der Waals surface area contributed by atoms with Crippen molar-refractivity contribution in [2.75, 3.05) is 6.61 Å². The van der Waals surface area contributed by atoms with Gasteiger partial charge in [-0.25, -0.2) is 9.59 Å². The first-order valence-electron chi connectivity index (χ1n) is 11.1. The molecule has 2 aliphatic carbocycles. The summed E-state index contributed by atoms with van der Waals surface area (Å²) in [5, 5.41) is 14.7. The van der Waals surface area contributed by atoms with Gasteiger partial charge in [0, 0.05) is 12.3 Å². The molecular weight excluding hydrogens is 420 g/mol. The minimum absolute atomic E-state index is 0.0777. The molecule has 170 valence electrons. The molecule has 1 fully saturated rings. The third-order valence-electron chi connectivity index (χ3n) is 6.50. The van der Waals surface area contributed by atoms with Gasteiger partial charge in [-0.2, -0.15) is 0 Å². The molecule has 0 saturated heterocycles. The number of fused-ring (bicyclic) bond motifs is 3. The molecule has 2 aromatic rings. The Morgan fingerprint density at radius 2 is 1.64 bits per heavy atom. The van der Waals surface area contributed by atoms with Crippen LogP contribution in [0.2, 0.25) is 0 Å². The lowest BCUT2D eigenvalue weighted by Gasteiger charge is -2.27. The predicted octanol–water partition coefficient (Wildman–Crippen LogP) is 3.43. The van der Waals surface area contributed by atoms with E-state index in [9.17, 15) is 19.5 Å². The van der Waals surface area contributed by atoms with Gasteiger partial charge in [-0.3, -0.25) is 4.79 Å². The fraction of sp³-hybridized carbons (Fsp3) is 0.346. The number of carboxylic acid groups (broad SMARTS) is 1. The van der Waals surface area contributed by atoms with Crippen LogP contribution < -0.4 is 10.6 Å². The molecule has 33 heavy (non-hydrogen) atoms. The molecule has 3 N–H and O–H groups in total. The molecule has 7 heteroatoms. The Labute approximate surface area is 192 Å². The Hall–Kier alpha value is -3.79. The summed E-state index contributed by atoms with van der Waals surface area (Å²) in [5.41, 5.74) is 3.07. The van der Waals surface area contributed by atoms with Gasteiger partial charge in [-0.15, -0.1) is 12.3 Å². The molecule has 0 radical (unpaired) electrons. The van der Waals surface area contributed by atoms with Crippen LogP contribution in [-0.2, 0) is 14.3 Å². The molecule has 0 aromatic heterocycles. The maximum atomic E-state index is 12.8. The number of benzene rings is 2. The van der Waals surface area contributed by atoms with E-state index in [2.05, 4.69) is 16.6 Å². The second-order valence-corrected chi connectivity index (χ2v) is 8.51. The number of rotatable bonds is 7. The fourth-order valence-corrected chi connectivity index (χ4v) is 4.80. The average Bonchev–Trinajstić information content (AvgIpc) is 3.41. The van der Waals surface area contributed by atoms with Gasteiger partial charge in [0.25, 0.3) is 0 Å². The van der Waals surface area contributed by atoms with Gasteiger partial charge in [0.15, 0.2) is 0 Å². The molecule has 2 aromatic carbocycles. The highest BCUT2D eigenvalue weighted by Gasteiger charge is 2.43. The van der Waals surface area contributed by atoms with Crippen molar-refractivity contribution in [2.24, 2.45) is 0 Å². The van der Waals surface area contributed by atoms with Crippen LogP contribution in [0.1, 0.15) is 49.1 Å². The van der Waals surface area contributed by atoms with E-state index in [0.717, 1.165) is 22.3 Å². The molecule has 2 amide bonds. The monoisotopic (exact) mass is 446 g/mol. The molecule has 1 atom stereocenters. The highest BCUT2D eigenvalue weighted by atomic mass is 16.5. The van der Waals surface area contributed by atoms with Crippen molar-refractivity contribution >= 4 is 18.0 Å². The van der Waals surface area contributed by atoms with E-state index in [1.165, 1.54) is 0 Å². The molecule has 0 bridgehead atoms. The fourth-order valence-electron chi connectivity index (χ4n) is 4.80. The first kappa shape index (κ1) is 22.4. The van der Waals surface area contributed by atoms with Crippen LogP contribution in [0.15, 0.2) is 48.5 Å². The molecule has 0 heterocycles. The van der Waals surface area contributed by atoms with E-state index < -0.39 is 29.6 Å². The topological polar surface area (TPSA) is 105 Å². The normalized spacial score (nSPS) is 16.7. The molecule has 0 spiro atoms. The van der Waals surface area contributed by atoms with E-state index in [0.29, 0.717) is 25.7 Å². The zero-order valence-corrected chi connectivity index (χ0v) is 18.2. The Morgan fingerprint density at radius 1 is 1.06 bits per heavy atom. The maximum absolute atomic E-state index is 12.8. The van der Waals surface area contributed by atoms with Crippen LogP contribution in [0.25, 0.3) is 11.1 Å². The van der Waals surface area contributed by atoms with Crippen molar-refractivity contribution in [3.63, 3.8) is 0 Å². The number of hydrogen-bond donors (Lipinski definition) is 3. The van der Waals surface area contributed by atoms with Crippen LogP contribution in [0.4, 0.5) is 4.79 Å². The van der Waals surface area contributed by atoms with Crippen LogP contribution in [0.3, 0.4) is 0 Å². The van der Waals surface area contributed by atoms with Crippen molar-refractivity contribution in [1.29, 1.82) is 0 Å². The smallest absolute Gasteiger partial charge is 0.407 e. The standard InChI is InChI=1S/C26H26N2O5/c1-2-9-22(23(29)28-26(24(30)31)14-7-8-15-26)27-25(32)33-16-21-19-12-5-3-10-17(19)18-11-4-6-13-20(18)21/h1,3-6,10-13,21-22H,7-9,14-16H2,(H,27,32)(H,28,29)(H,30,31). The first-order valence-corrected chi connectivity index (χ1v) is 11.1. The zero-order chi connectivity index (χ0) is 23.4. The number of aliphatic carboxylic acids is 1. The van der Waals surface area contributed by atoms with Crippen molar-refractivity contribution in [1.82, 2.24) is 10.6 Å². The zero-order valence-electron chi connectivity index (χ0n) is 18.2. The van der Waals surface area contributed by atoms with E-state index in [-0.39, 0.29) is 18.9 Å². The van der Waals surface area contributed by atoms with Gasteiger partial charge < -0.3 is 20.5 Å². The lowest BCUT2D eigenvalue weighted by atomic mass is 9.97. The van der Waals surface area contributed by atoms with Crippen LogP contribution in [0.5, 0.6) is 0 Å². The van der Waals surface area contributed by atoms with Gasteiger partial charge in [-0.05, 0) is 35.1 Å². The number of alkyl carbamates (subject to hydrolysis) is 1. The average molecular weight is 447 g/mol. The first-order chi connectivity index (χ1) is 15.9. The summed E-state index contributed by atoms with van der Waals surface area (Å²) in [7, 11) is 0. The highest BCUT2D eigenvalue weighted by Crippen LogP contribution is 2.44. The molecular formula is C26H26N2O5. The Bertz CT molecular complexity index is 1070. The van der Waals surface area contributed by atoms with Crippen molar-refractivity contribution in [2.45, 2.75) is 49.6 Å². The summed E-state index contributed by atoms with van der Waals surface area (Å²) < 4.78 is 5.49. The van der Waals surface area contributed by atoms with Crippen molar-refractivity contribution < 1.29 is 24.2 Å². The summed E-state index contributed by atoms with van der Waals surface area (Å²) >= 11 is 0. The maximum Gasteiger partial charge on any atom is 0.407 e. The number of carboxylic acids is 1. The van der Waals surface area contributed by atoms with Gasteiger partial charge >= 0.3 is 12.1 Å². The number of amides is 2. The lowest BCUT2D eigenvalue weighted by molar-refractivity contribution is -0.147. The van der Waals surface area contributed by atoms with E-state index in [4.69, 9.17) is 11.2 Å². The Morgan fingerprint density at radius 3 is 2.18 bits per heavy atom. The summed E-state index contributed by atoms with van der Waals surface area (Å²) in [4.78, 5) is 37.1. The third-order valence-corrected chi connectivity index (χ3v) is 6.50. The molecule has 1 unspecified atom stereocenters.